The van der Waals surface area contributed by atoms with Crippen molar-refractivity contribution >= 4 is 5.91 Å². The molecule has 1 heterocycles. The Kier molecular flexibility index (Phi) is 2.16. The van der Waals surface area contributed by atoms with Crippen molar-refractivity contribution in [3.8, 4) is 0 Å². The van der Waals surface area contributed by atoms with Gasteiger partial charge in [0, 0.05) is 5.54 Å². The molecule has 1 rings (SSSR count). The smallest absolute Gasteiger partial charge is 0.222 e. The van der Waals surface area contributed by atoms with Crippen LogP contribution in [0.25, 0.3) is 0 Å². The van der Waals surface area contributed by atoms with Crippen LogP contribution >= 0.6 is 0 Å². The van der Waals surface area contributed by atoms with Crippen molar-refractivity contribution in [3.05, 3.63) is 0 Å². The topological polar surface area (TPSA) is 66.2 Å². The summed E-state index contributed by atoms with van der Waals surface area (Å²) in [6, 6.07) is 0. The Morgan fingerprint density at radius 2 is 1.85 bits per heavy atom. The van der Waals surface area contributed by atoms with Crippen molar-refractivity contribution in [2.75, 3.05) is 0 Å². The molecule has 1 atom stereocenters. The summed E-state index contributed by atoms with van der Waals surface area (Å²) in [6.45, 7) is 7.21. The molecule has 0 saturated carbocycles. The van der Waals surface area contributed by atoms with Crippen molar-refractivity contribution in [3.63, 3.8) is 0 Å². The number of primary amides is 1. The number of hydrogen-bond acceptors (Lipinski definition) is 2. The normalized spacial score (nSPS) is 31.9. The first-order valence-electron chi connectivity index (χ1n) is 4.46. The summed E-state index contributed by atoms with van der Waals surface area (Å²) in [5.74, 6) is -0.726. The second-order valence-electron chi connectivity index (χ2n) is 4.92. The number of carbonyl (C=O) groups is 1. The molecule has 1 aliphatic rings. The van der Waals surface area contributed by atoms with E-state index >= 15 is 0 Å². The molecule has 4 heteroatoms. The van der Waals surface area contributed by atoms with Crippen molar-refractivity contribution in [2.24, 2.45) is 11.7 Å². The van der Waals surface area contributed by atoms with E-state index in [-0.39, 0.29) is 11.8 Å². The van der Waals surface area contributed by atoms with Gasteiger partial charge in [-0.15, -0.1) is 10.3 Å². The molecule has 1 fully saturated rings. The van der Waals surface area contributed by atoms with Gasteiger partial charge in [-0.2, -0.15) is 0 Å². The number of hydrogen-bond donors (Lipinski definition) is 1. The van der Waals surface area contributed by atoms with Crippen molar-refractivity contribution < 1.29 is 10.0 Å². The third kappa shape index (κ3) is 1.44. The van der Waals surface area contributed by atoms with E-state index in [0.717, 1.165) is 5.06 Å². The molecular formula is C9H17N2O2. The average molecular weight is 185 g/mol. The van der Waals surface area contributed by atoms with E-state index in [2.05, 4.69) is 0 Å². The molecule has 0 bridgehead atoms. The summed E-state index contributed by atoms with van der Waals surface area (Å²) >= 11 is 0. The van der Waals surface area contributed by atoms with Crippen LogP contribution in [0.5, 0.6) is 0 Å². The SMILES string of the molecule is CC1(C)CC(C(N)=O)C(C)(C)N1[O]. The van der Waals surface area contributed by atoms with Crippen LogP contribution in [0.1, 0.15) is 34.1 Å². The number of nitrogens with zero attached hydrogens (tertiary/aromatic N) is 1. The Balaban J connectivity index is 3.00. The molecule has 0 aliphatic carbocycles. The van der Waals surface area contributed by atoms with Gasteiger partial charge in [0.25, 0.3) is 0 Å². The minimum Gasteiger partial charge on any atom is -0.369 e. The van der Waals surface area contributed by atoms with Gasteiger partial charge < -0.3 is 5.73 Å². The maximum Gasteiger partial charge on any atom is 0.222 e. The Labute approximate surface area is 78.7 Å². The Bertz CT molecular complexity index is 236. The fourth-order valence-electron chi connectivity index (χ4n) is 2.20. The molecule has 0 aromatic carbocycles. The quantitative estimate of drug-likeness (QED) is 0.653. The van der Waals surface area contributed by atoms with Gasteiger partial charge in [-0.3, -0.25) is 4.79 Å². The Morgan fingerprint density at radius 1 is 1.38 bits per heavy atom. The molecule has 75 valence electrons. The third-order valence-corrected chi connectivity index (χ3v) is 2.97. The summed E-state index contributed by atoms with van der Waals surface area (Å²) in [5.41, 5.74) is 4.10. The molecule has 4 nitrogen and oxygen atoms in total. The van der Waals surface area contributed by atoms with E-state index in [4.69, 9.17) is 5.73 Å². The van der Waals surface area contributed by atoms with E-state index in [1.54, 1.807) is 13.8 Å². The first-order chi connectivity index (χ1) is 5.69. The highest BCUT2D eigenvalue weighted by Gasteiger charge is 2.54. The number of hydroxylamine groups is 2. The molecule has 0 aromatic heterocycles. The Hall–Kier alpha value is -0.610. The van der Waals surface area contributed by atoms with Crippen LogP contribution in [0.4, 0.5) is 0 Å². The first kappa shape index (κ1) is 10.5. The molecule has 1 radical (unpaired) electrons. The average Bonchev–Trinajstić information content (AvgIpc) is 2.11. The summed E-state index contributed by atoms with van der Waals surface area (Å²) in [7, 11) is 0. The van der Waals surface area contributed by atoms with E-state index in [1.165, 1.54) is 0 Å². The molecular weight excluding hydrogens is 168 g/mol. The number of rotatable bonds is 1. The maximum absolute atomic E-state index is 11.8. The lowest BCUT2D eigenvalue weighted by molar-refractivity contribution is -0.247. The maximum atomic E-state index is 11.8. The predicted octanol–water partition coefficient (Wildman–Crippen LogP) is 0.696. The fourth-order valence-corrected chi connectivity index (χ4v) is 2.20. The number of carbonyl (C=O) groups excluding carboxylic acids is 1. The van der Waals surface area contributed by atoms with E-state index < -0.39 is 11.1 Å². The monoisotopic (exact) mass is 185 g/mol. The van der Waals surface area contributed by atoms with Crippen LogP contribution in [0.2, 0.25) is 0 Å². The summed E-state index contributed by atoms with van der Waals surface area (Å²) in [5, 5.41) is 12.8. The minimum atomic E-state index is -0.671. The molecule has 1 aliphatic heterocycles. The molecule has 1 amide bonds. The lowest BCUT2D eigenvalue weighted by Gasteiger charge is -2.32. The van der Waals surface area contributed by atoms with Crippen LogP contribution in [-0.4, -0.2) is 22.0 Å². The first-order valence-corrected chi connectivity index (χ1v) is 4.46. The minimum absolute atomic E-state index is 0.347. The summed E-state index contributed by atoms with van der Waals surface area (Å²) in [6.07, 6.45) is 0.541. The van der Waals surface area contributed by atoms with Gasteiger partial charge in [-0.1, -0.05) is 0 Å². The predicted molar refractivity (Wildman–Crippen MR) is 48.0 cm³/mol. The second kappa shape index (κ2) is 2.69. The van der Waals surface area contributed by atoms with Crippen molar-refractivity contribution in [1.29, 1.82) is 0 Å². The largest absolute Gasteiger partial charge is 0.369 e. The van der Waals surface area contributed by atoms with Crippen LogP contribution in [0.3, 0.4) is 0 Å². The van der Waals surface area contributed by atoms with E-state index in [9.17, 15) is 10.0 Å². The lowest BCUT2D eigenvalue weighted by atomic mass is 9.86. The molecule has 1 unspecified atom stereocenters. The molecule has 2 N–H and O–H groups in total. The lowest BCUT2D eigenvalue weighted by Crippen LogP contribution is -2.48. The summed E-state index contributed by atoms with van der Waals surface area (Å²) in [4.78, 5) is 11.1. The zero-order chi connectivity index (χ0) is 10.4. The third-order valence-electron chi connectivity index (χ3n) is 2.97. The van der Waals surface area contributed by atoms with Gasteiger partial charge in [0.1, 0.15) is 0 Å². The van der Waals surface area contributed by atoms with Crippen LogP contribution in [0, 0.1) is 5.92 Å². The van der Waals surface area contributed by atoms with Gasteiger partial charge in [-0.25, -0.2) is 0 Å². The van der Waals surface area contributed by atoms with E-state index in [1.807, 2.05) is 13.8 Å². The van der Waals surface area contributed by atoms with Gasteiger partial charge in [-0.05, 0) is 34.1 Å². The number of amides is 1. The second-order valence-corrected chi connectivity index (χ2v) is 4.92. The van der Waals surface area contributed by atoms with Gasteiger partial charge in [0.05, 0.1) is 11.5 Å². The molecule has 0 spiro atoms. The van der Waals surface area contributed by atoms with Crippen molar-refractivity contribution in [1.82, 2.24) is 5.06 Å². The number of nitrogens with two attached hydrogens (primary N) is 1. The summed E-state index contributed by atoms with van der Waals surface area (Å²) < 4.78 is 0. The zero-order valence-corrected chi connectivity index (χ0v) is 8.63. The highest BCUT2D eigenvalue weighted by molar-refractivity contribution is 5.78. The highest BCUT2D eigenvalue weighted by atomic mass is 16.5. The fraction of sp³-hybridized carbons (Fsp3) is 0.889. The molecule has 1 saturated heterocycles. The molecule has 0 aromatic rings. The van der Waals surface area contributed by atoms with E-state index in [0.29, 0.717) is 6.42 Å². The van der Waals surface area contributed by atoms with Crippen LogP contribution in [-0.2, 0) is 10.0 Å². The van der Waals surface area contributed by atoms with Gasteiger partial charge in [0.2, 0.25) is 5.91 Å². The van der Waals surface area contributed by atoms with Crippen LogP contribution < -0.4 is 5.73 Å². The van der Waals surface area contributed by atoms with Gasteiger partial charge >= 0.3 is 0 Å². The Morgan fingerprint density at radius 3 is 2.00 bits per heavy atom. The highest BCUT2D eigenvalue weighted by Crippen LogP contribution is 2.43. The van der Waals surface area contributed by atoms with Gasteiger partial charge in [0.15, 0.2) is 0 Å². The standard InChI is InChI=1S/C9H17N2O2/c1-8(2)5-6(7(10)12)9(3,4)11(8)13/h6H,5H2,1-4H3,(H2,10,12). The zero-order valence-electron chi connectivity index (χ0n) is 8.63. The van der Waals surface area contributed by atoms with Crippen molar-refractivity contribution in [2.45, 2.75) is 45.2 Å². The van der Waals surface area contributed by atoms with Crippen LogP contribution in [0.15, 0.2) is 0 Å². The molecule has 13 heavy (non-hydrogen) atoms.